The molecule has 2 heterocycles. The van der Waals surface area contributed by atoms with Crippen molar-refractivity contribution in [1.82, 2.24) is 9.97 Å². The Kier molecular flexibility index (Phi) is 13.7. The summed E-state index contributed by atoms with van der Waals surface area (Å²) in [6, 6.07) is 44.7. The monoisotopic (exact) mass is 940 g/mol. The molecule has 0 aliphatic heterocycles. The average molecular weight is 941 g/mol. The van der Waals surface area contributed by atoms with Crippen LogP contribution in [0.5, 0.6) is 11.5 Å². The van der Waals surface area contributed by atoms with Gasteiger partial charge < -0.3 is 9.47 Å². The minimum absolute atomic E-state index is 0. The molecule has 0 bridgehead atoms. The Labute approximate surface area is 349 Å². The summed E-state index contributed by atoms with van der Waals surface area (Å²) >= 11 is 0. The largest absolute Gasteiger partial charge is 0.496 e. The van der Waals surface area contributed by atoms with Crippen LogP contribution in [-0.2, 0) is 22.4 Å². The van der Waals surface area contributed by atoms with E-state index in [0.717, 1.165) is 50.2 Å². The first-order valence-electron chi connectivity index (χ1n) is 20.2. The molecule has 56 heavy (non-hydrogen) atoms. The van der Waals surface area contributed by atoms with E-state index in [-0.39, 0.29) is 22.4 Å². The summed E-state index contributed by atoms with van der Waals surface area (Å²) in [5.74, 6) is 1.84. The number of methoxy groups -OCH3 is 2. The van der Waals surface area contributed by atoms with Gasteiger partial charge in [-0.15, -0.1) is 0 Å². The van der Waals surface area contributed by atoms with Gasteiger partial charge in [-0.2, -0.15) is 0 Å². The number of benzene rings is 5. The van der Waals surface area contributed by atoms with Crippen LogP contribution >= 0.6 is 7.92 Å². The maximum atomic E-state index is 5.80. The number of pyridine rings is 2. The van der Waals surface area contributed by atoms with E-state index in [0.29, 0.717) is 0 Å². The van der Waals surface area contributed by atoms with E-state index in [1.807, 2.05) is 30.6 Å². The number of hydrogen-bond donors (Lipinski definition) is 0. The van der Waals surface area contributed by atoms with Crippen molar-refractivity contribution in [2.24, 2.45) is 0 Å². The van der Waals surface area contributed by atoms with Gasteiger partial charge in [0.2, 0.25) is 0 Å². The number of aromatic nitrogens is 2. The number of fused-ring (bicyclic) bond motifs is 3. The molecule has 7 aromatic rings. The minimum atomic E-state index is -0.660. The van der Waals surface area contributed by atoms with Gasteiger partial charge >= 0.3 is 0 Å². The first-order chi connectivity index (χ1) is 27.2. The molecule has 0 unspecified atom stereocenters. The first-order valence-corrected chi connectivity index (χ1v) is 21.9. The fraction of sp³-hybridized carbons (Fsp3) is 0.280. The zero-order valence-electron chi connectivity index (χ0n) is 32.5. The van der Waals surface area contributed by atoms with Gasteiger partial charge in [0.25, 0.3) is 0 Å². The first kappa shape index (κ1) is 39.9. The number of rotatable bonds is 8. The summed E-state index contributed by atoms with van der Waals surface area (Å²) in [4.78, 5) is 9.34. The fourth-order valence-corrected chi connectivity index (χ4v) is 13.7. The van der Waals surface area contributed by atoms with E-state index >= 15 is 0 Å². The molecule has 2 fully saturated rings. The smallest absolute Gasteiger partial charge is 0.130 e. The van der Waals surface area contributed by atoms with Crippen LogP contribution in [-0.4, -0.2) is 35.5 Å². The molecule has 0 atom stereocenters. The molecule has 0 N–H and O–H groups in total. The second kappa shape index (κ2) is 19.2. The van der Waals surface area contributed by atoms with Crippen LogP contribution in [0.1, 0.15) is 64.2 Å². The summed E-state index contributed by atoms with van der Waals surface area (Å²) in [7, 11) is 2.89. The Morgan fingerprint density at radius 1 is 0.464 bits per heavy atom. The predicted molar refractivity (Wildman–Crippen MR) is 235 cm³/mol. The van der Waals surface area contributed by atoms with Gasteiger partial charge in [0.15, 0.2) is 0 Å². The van der Waals surface area contributed by atoms with Gasteiger partial charge in [0, 0.05) is 59.0 Å². The molecule has 6 heteroatoms. The Balaban J connectivity index is 0.000000169. The molecule has 2 aliphatic carbocycles. The summed E-state index contributed by atoms with van der Waals surface area (Å²) in [5, 5.41) is 3.88. The summed E-state index contributed by atoms with van der Waals surface area (Å²) < 4.78 is 11.6. The fourth-order valence-electron chi connectivity index (χ4n) is 9.24. The van der Waals surface area contributed by atoms with Crippen molar-refractivity contribution in [3.63, 3.8) is 0 Å². The molecule has 0 amide bonds. The number of hydrogen-bond acceptors (Lipinski definition) is 4. The van der Waals surface area contributed by atoms with E-state index in [1.54, 1.807) is 19.5 Å². The quantitative estimate of drug-likeness (QED) is 0.0865. The molecule has 0 spiro atoms. The third kappa shape index (κ3) is 8.51. The Morgan fingerprint density at radius 3 is 1.38 bits per heavy atom. The van der Waals surface area contributed by atoms with Crippen molar-refractivity contribution in [2.45, 2.75) is 75.5 Å². The summed E-state index contributed by atoms with van der Waals surface area (Å²) in [6.45, 7) is 0. The average Bonchev–Trinajstić information content (AvgIpc) is 3.27. The van der Waals surface area contributed by atoms with E-state index in [9.17, 15) is 0 Å². The van der Waals surface area contributed by atoms with E-state index in [2.05, 4.69) is 119 Å². The SMILES string of the molecule is COc1cccc(OC)c1-c1ccccc1[PH+](C1CCCCC1)C1CCCCC1.[Au].c1ccc(-c2ccnc3c2ccc2c(-c4ccccc4)ccnc23)cc1. The standard InChI is InChI=1S/C26H35O2P.C24H16N2.Au/c1-27-23-17-11-18-24(28-2)26(23)22-16-9-10-19-25(22)29(20-12-5-3-6-13-20)21-14-7-4-8-15-21;1-3-7-17(8-4-1)19-13-15-25-23-21(19)11-12-22-20(14-16-26-24(22)23)18-9-5-2-6-10-18;/h9-11,16-21H,3-8,12-15H2,1-2H3;1-16H;/p+1. The molecule has 2 aromatic heterocycles. The van der Waals surface area contributed by atoms with Crippen molar-refractivity contribution in [2.75, 3.05) is 14.2 Å². The van der Waals surface area contributed by atoms with Crippen LogP contribution in [0.2, 0.25) is 0 Å². The molecule has 5 aromatic carbocycles. The van der Waals surface area contributed by atoms with Crippen molar-refractivity contribution in [1.29, 1.82) is 0 Å². The molecular weight excluding hydrogens is 889 g/mol. The normalized spacial score (nSPS) is 14.8. The van der Waals surface area contributed by atoms with Crippen molar-refractivity contribution >= 4 is 35.0 Å². The van der Waals surface area contributed by atoms with Gasteiger partial charge in [-0.3, -0.25) is 9.97 Å². The maximum Gasteiger partial charge on any atom is 0.130 e. The molecule has 9 rings (SSSR count). The Hall–Kier alpha value is -4.31. The molecule has 4 nitrogen and oxygen atoms in total. The van der Waals surface area contributed by atoms with Gasteiger partial charge in [-0.05, 0) is 104 Å². The van der Waals surface area contributed by atoms with Gasteiger partial charge in [0.05, 0.1) is 42.1 Å². The zero-order valence-corrected chi connectivity index (χ0v) is 35.7. The van der Waals surface area contributed by atoms with E-state index in [4.69, 9.17) is 9.47 Å². The van der Waals surface area contributed by atoms with Crippen molar-refractivity contribution in [3.05, 3.63) is 140 Å². The van der Waals surface area contributed by atoms with Crippen molar-refractivity contribution < 1.29 is 31.9 Å². The van der Waals surface area contributed by atoms with E-state index < -0.39 is 7.92 Å². The maximum absolute atomic E-state index is 5.80. The molecule has 0 saturated heterocycles. The third-order valence-electron chi connectivity index (χ3n) is 11.8. The topological polar surface area (TPSA) is 44.2 Å². The van der Waals surface area contributed by atoms with Crippen molar-refractivity contribution in [3.8, 4) is 44.9 Å². The Morgan fingerprint density at radius 2 is 0.911 bits per heavy atom. The van der Waals surface area contributed by atoms with Crippen LogP contribution in [0.15, 0.2) is 140 Å². The number of nitrogens with zero attached hydrogens (tertiary/aromatic N) is 2. The van der Waals surface area contributed by atoms with Crippen LogP contribution < -0.4 is 14.8 Å². The molecular formula is C50H52AuN2O2P+. The molecule has 1 radical (unpaired) electrons. The zero-order chi connectivity index (χ0) is 37.4. The molecule has 2 saturated carbocycles. The number of ether oxygens (including phenoxy) is 2. The van der Waals surface area contributed by atoms with Crippen LogP contribution in [0.4, 0.5) is 0 Å². The Bertz CT molecular complexity index is 2200. The predicted octanol–water partition coefficient (Wildman–Crippen LogP) is 13.0. The summed E-state index contributed by atoms with van der Waals surface area (Å²) in [5.41, 5.74) is 11.0. The van der Waals surface area contributed by atoms with Gasteiger partial charge in [0.1, 0.15) is 16.8 Å². The second-order valence-electron chi connectivity index (χ2n) is 15.0. The van der Waals surface area contributed by atoms with Gasteiger partial charge in [-0.1, -0.05) is 110 Å². The summed E-state index contributed by atoms with van der Waals surface area (Å²) in [6.07, 6.45) is 18.0. The van der Waals surface area contributed by atoms with E-state index in [1.165, 1.54) is 92.0 Å². The second-order valence-corrected chi connectivity index (χ2v) is 18.1. The van der Waals surface area contributed by atoms with Crippen LogP contribution in [0.3, 0.4) is 0 Å². The van der Waals surface area contributed by atoms with Crippen LogP contribution in [0.25, 0.3) is 55.2 Å². The molecule has 289 valence electrons. The van der Waals surface area contributed by atoms with Gasteiger partial charge in [-0.25, -0.2) is 0 Å². The molecule has 2 aliphatic rings. The third-order valence-corrected chi connectivity index (χ3v) is 15.8. The van der Waals surface area contributed by atoms with Crippen LogP contribution in [0, 0.1) is 0 Å². The minimum Gasteiger partial charge on any atom is -0.496 e.